The van der Waals surface area contributed by atoms with Gasteiger partial charge >= 0.3 is 0 Å². The minimum Gasteiger partial charge on any atom is -0.392 e. The fourth-order valence-corrected chi connectivity index (χ4v) is 2.88. The van der Waals surface area contributed by atoms with Crippen LogP contribution in [0.5, 0.6) is 0 Å². The van der Waals surface area contributed by atoms with E-state index < -0.39 is 6.10 Å². The summed E-state index contributed by atoms with van der Waals surface area (Å²) in [7, 11) is 0. The Morgan fingerprint density at radius 2 is 1.68 bits per heavy atom. The molecule has 0 aliphatic heterocycles. The summed E-state index contributed by atoms with van der Waals surface area (Å²) < 4.78 is 0. The van der Waals surface area contributed by atoms with Crippen LogP contribution in [0.4, 0.5) is 11.4 Å². The fraction of sp³-hybridized carbons (Fsp3) is 0.333. The monoisotopic (exact) mass is 421 g/mol. The van der Waals surface area contributed by atoms with Crippen molar-refractivity contribution in [3.8, 4) is 11.3 Å². The number of amides is 1. The molecule has 0 aromatic carbocycles. The average Bonchev–Trinajstić information content (AvgIpc) is 2.79. The van der Waals surface area contributed by atoms with Gasteiger partial charge in [0.2, 0.25) is 0 Å². The molecule has 3 rings (SSSR count). The van der Waals surface area contributed by atoms with E-state index in [1.54, 1.807) is 31.6 Å². The van der Waals surface area contributed by atoms with Crippen LogP contribution >= 0.6 is 0 Å². The SMILES string of the molecule is CC.CC(O)CNC(=O)c1cnccc1Nc1cc(-c2ccncc2)ncc1C(C)C. The molecule has 0 aliphatic carbocycles. The first-order chi connectivity index (χ1) is 15.0. The predicted molar refractivity (Wildman–Crippen MR) is 124 cm³/mol. The Hall–Kier alpha value is -3.32. The van der Waals surface area contributed by atoms with Gasteiger partial charge in [-0.25, -0.2) is 0 Å². The van der Waals surface area contributed by atoms with Gasteiger partial charge in [-0.05, 0) is 42.7 Å². The third-order valence-electron chi connectivity index (χ3n) is 4.43. The molecule has 3 N–H and O–H groups in total. The molecule has 7 nitrogen and oxygen atoms in total. The van der Waals surface area contributed by atoms with Crippen LogP contribution in [0.3, 0.4) is 0 Å². The van der Waals surface area contributed by atoms with Crippen LogP contribution in [0.2, 0.25) is 0 Å². The second kappa shape index (κ2) is 11.8. The Labute approximate surface area is 184 Å². The molecular weight excluding hydrogens is 390 g/mol. The molecule has 7 heteroatoms. The summed E-state index contributed by atoms with van der Waals surface area (Å²) in [5.41, 5.74) is 4.73. The average molecular weight is 422 g/mol. The molecule has 31 heavy (non-hydrogen) atoms. The number of carbonyl (C=O) groups is 1. The highest BCUT2D eigenvalue weighted by Gasteiger charge is 2.15. The normalized spacial score (nSPS) is 11.3. The first-order valence-electron chi connectivity index (χ1n) is 10.5. The van der Waals surface area contributed by atoms with Crippen molar-refractivity contribution in [2.45, 2.75) is 46.6 Å². The van der Waals surface area contributed by atoms with Gasteiger partial charge in [-0.1, -0.05) is 27.7 Å². The van der Waals surface area contributed by atoms with Gasteiger partial charge in [0.05, 0.1) is 23.0 Å². The minimum atomic E-state index is -0.623. The topological polar surface area (TPSA) is 100 Å². The third-order valence-corrected chi connectivity index (χ3v) is 4.43. The molecule has 164 valence electrons. The molecule has 0 saturated carbocycles. The van der Waals surface area contributed by atoms with E-state index in [1.807, 2.05) is 38.2 Å². The fourth-order valence-electron chi connectivity index (χ4n) is 2.88. The van der Waals surface area contributed by atoms with Gasteiger partial charge < -0.3 is 15.7 Å². The number of rotatable bonds is 7. The zero-order valence-electron chi connectivity index (χ0n) is 18.8. The molecule has 1 amide bonds. The molecule has 0 spiro atoms. The van der Waals surface area contributed by atoms with Crippen molar-refractivity contribution in [1.29, 1.82) is 0 Å². The van der Waals surface area contributed by atoms with E-state index in [0.29, 0.717) is 11.3 Å². The highest BCUT2D eigenvalue weighted by atomic mass is 16.3. The number of hydrogen-bond donors (Lipinski definition) is 3. The molecular formula is C24H31N5O2. The number of carbonyl (C=O) groups excluding carboxylic acids is 1. The smallest absolute Gasteiger partial charge is 0.255 e. The summed E-state index contributed by atoms with van der Waals surface area (Å²) in [5.74, 6) is -0.0538. The van der Waals surface area contributed by atoms with Gasteiger partial charge in [0, 0.05) is 48.8 Å². The summed E-state index contributed by atoms with van der Waals surface area (Å²) in [4.78, 5) is 25.3. The molecule has 0 bridgehead atoms. The van der Waals surface area contributed by atoms with Crippen molar-refractivity contribution in [1.82, 2.24) is 20.3 Å². The van der Waals surface area contributed by atoms with Crippen molar-refractivity contribution in [2.75, 3.05) is 11.9 Å². The Bertz CT molecular complexity index is 975. The maximum atomic E-state index is 12.5. The van der Waals surface area contributed by atoms with Crippen molar-refractivity contribution in [3.63, 3.8) is 0 Å². The zero-order chi connectivity index (χ0) is 22.8. The lowest BCUT2D eigenvalue weighted by molar-refractivity contribution is 0.0924. The van der Waals surface area contributed by atoms with Gasteiger partial charge in [-0.15, -0.1) is 0 Å². The van der Waals surface area contributed by atoms with Gasteiger partial charge in [-0.2, -0.15) is 0 Å². The second-order valence-electron chi connectivity index (χ2n) is 7.15. The highest BCUT2D eigenvalue weighted by Crippen LogP contribution is 2.31. The van der Waals surface area contributed by atoms with Crippen LogP contribution in [0.15, 0.2) is 55.2 Å². The minimum absolute atomic E-state index is 0.172. The molecule has 0 radical (unpaired) electrons. The summed E-state index contributed by atoms with van der Waals surface area (Å²) in [6.07, 6.45) is 7.84. The van der Waals surface area contributed by atoms with E-state index in [1.165, 1.54) is 6.20 Å². The van der Waals surface area contributed by atoms with E-state index >= 15 is 0 Å². The van der Waals surface area contributed by atoms with E-state index in [0.717, 1.165) is 22.5 Å². The number of nitrogens with zero attached hydrogens (tertiary/aromatic N) is 3. The molecule has 1 atom stereocenters. The highest BCUT2D eigenvalue weighted by molar-refractivity contribution is 6.00. The Kier molecular flexibility index (Phi) is 9.09. The number of hydrogen-bond acceptors (Lipinski definition) is 6. The van der Waals surface area contributed by atoms with Crippen LogP contribution in [0, 0.1) is 0 Å². The Morgan fingerprint density at radius 1 is 1.00 bits per heavy atom. The van der Waals surface area contributed by atoms with Crippen LogP contribution in [-0.4, -0.2) is 38.6 Å². The number of pyridine rings is 3. The van der Waals surface area contributed by atoms with E-state index in [4.69, 9.17) is 0 Å². The summed E-state index contributed by atoms with van der Waals surface area (Å²) in [6, 6.07) is 7.54. The van der Waals surface area contributed by atoms with Crippen LogP contribution in [0.25, 0.3) is 11.3 Å². The quantitative estimate of drug-likeness (QED) is 0.518. The molecule has 3 aromatic heterocycles. The molecule has 0 fully saturated rings. The van der Waals surface area contributed by atoms with E-state index in [-0.39, 0.29) is 18.4 Å². The Morgan fingerprint density at radius 3 is 2.32 bits per heavy atom. The lowest BCUT2D eigenvalue weighted by Gasteiger charge is -2.18. The maximum absolute atomic E-state index is 12.5. The van der Waals surface area contributed by atoms with Crippen molar-refractivity contribution < 1.29 is 9.90 Å². The van der Waals surface area contributed by atoms with Crippen molar-refractivity contribution >= 4 is 17.3 Å². The van der Waals surface area contributed by atoms with Crippen LogP contribution in [-0.2, 0) is 0 Å². The zero-order valence-corrected chi connectivity index (χ0v) is 18.8. The third kappa shape index (κ3) is 6.58. The molecule has 3 heterocycles. The van der Waals surface area contributed by atoms with Crippen LogP contribution in [0.1, 0.15) is 56.5 Å². The standard InChI is InChI=1S/C22H25N5O2.C2H6/c1-14(2)17-13-25-20(16-4-7-23-8-5-16)10-21(17)27-19-6-9-24-12-18(19)22(29)26-11-15(3)28;1-2/h4-10,12-15,28H,11H2,1-3H3,(H,26,29)(H,24,25,27);1-2H3. The largest absolute Gasteiger partial charge is 0.392 e. The van der Waals surface area contributed by atoms with E-state index in [9.17, 15) is 9.90 Å². The second-order valence-corrected chi connectivity index (χ2v) is 7.15. The summed E-state index contributed by atoms with van der Waals surface area (Å²) in [6.45, 7) is 9.98. The number of aliphatic hydroxyl groups excluding tert-OH is 1. The first-order valence-corrected chi connectivity index (χ1v) is 10.5. The van der Waals surface area contributed by atoms with Gasteiger partial charge in [0.1, 0.15) is 0 Å². The summed E-state index contributed by atoms with van der Waals surface area (Å²) >= 11 is 0. The first kappa shape index (κ1) is 24.0. The van der Waals surface area contributed by atoms with E-state index in [2.05, 4.69) is 39.4 Å². The molecule has 0 saturated heterocycles. The predicted octanol–water partition coefficient (Wildman–Crippen LogP) is 4.54. The lowest BCUT2D eigenvalue weighted by atomic mass is 10.0. The number of nitrogens with one attached hydrogen (secondary N) is 2. The number of aromatic nitrogens is 3. The molecule has 1 unspecified atom stereocenters. The molecule has 3 aromatic rings. The molecule has 0 aliphatic rings. The van der Waals surface area contributed by atoms with Gasteiger partial charge in [0.25, 0.3) is 5.91 Å². The van der Waals surface area contributed by atoms with Crippen molar-refractivity contribution in [3.05, 3.63) is 66.4 Å². The number of aliphatic hydroxyl groups is 1. The van der Waals surface area contributed by atoms with Crippen LogP contribution < -0.4 is 10.6 Å². The lowest BCUT2D eigenvalue weighted by Crippen LogP contribution is -2.31. The van der Waals surface area contributed by atoms with Crippen molar-refractivity contribution in [2.24, 2.45) is 0 Å². The van der Waals surface area contributed by atoms with Gasteiger partial charge in [-0.3, -0.25) is 19.7 Å². The maximum Gasteiger partial charge on any atom is 0.255 e. The number of anilines is 2. The Balaban J connectivity index is 0.00000166. The van der Waals surface area contributed by atoms with Gasteiger partial charge in [0.15, 0.2) is 0 Å². The summed E-state index contributed by atoms with van der Waals surface area (Å²) in [5, 5.41) is 15.5.